The van der Waals surface area contributed by atoms with Crippen LogP contribution in [0, 0.1) is 6.07 Å². The Labute approximate surface area is 97.9 Å². The van der Waals surface area contributed by atoms with Crippen molar-refractivity contribution in [3.8, 4) is 0 Å². The molecular formula is C11H7Cl2N2. The summed E-state index contributed by atoms with van der Waals surface area (Å²) in [5.41, 5.74) is 0.778. The lowest BCUT2D eigenvalue weighted by Gasteiger charge is -2.06. The fourth-order valence-corrected chi connectivity index (χ4v) is 1.38. The van der Waals surface area contributed by atoms with Crippen LogP contribution in [0.3, 0.4) is 0 Å². The quantitative estimate of drug-likeness (QED) is 0.857. The smallest absolute Gasteiger partial charge is 0.149 e. The number of nitrogens with one attached hydrogen (secondary N) is 1. The number of nitrogens with zero attached hydrogens (tertiary/aromatic N) is 1. The summed E-state index contributed by atoms with van der Waals surface area (Å²) < 4.78 is 0. The lowest BCUT2D eigenvalue weighted by Crippen LogP contribution is -1.93. The average molecular weight is 238 g/mol. The summed E-state index contributed by atoms with van der Waals surface area (Å²) in [7, 11) is 0. The molecule has 0 unspecified atom stereocenters. The number of rotatable bonds is 2. The molecule has 0 saturated carbocycles. The molecule has 2 nitrogen and oxygen atoms in total. The third kappa shape index (κ3) is 2.61. The monoisotopic (exact) mass is 237 g/mol. The molecule has 1 heterocycles. The summed E-state index contributed by atoms with van der Waals surface area (Å²) >= 11 is 11.7. The van der Waals surface area contributed by atoms with Crippen molar-refractivity contribution in [2.45, 2.75) is 0 Å². The molecule has 1 aromatic heterocycles. The van der Waals surface area contributed by atoms with Gasteiger partial charge in [-0.3, -0.25) is 0 Å². The van der Waals surface area contributed by atoms with Gasteiger partial charge in [-0.15, -0.1) is 0 Å². The van der Waals surface area contributed by atoms with E-state index in [9.17, 15) is 0 Å². The van der Waals surface area contributed by atoms with Crippen LogP contribution in [0.2, 0.25) is 10.0 Å². The van der Waals surface area contributed by atoms with Crippen molar-refractivity contribution in [1.29, 1.82) is 0 Å². The van der Waals surface area contributed by atoms with Gasteiger partial charge in [0.15, 0.2) is 0 Å². The molecule has 0 aliphatic rings. The van der Waals surface area contributed by atoms with Crippen LogP contribution in [0.25, 0.3) is 0 Å². The zero-order chi connectivity index (χ0) is 10.7. The van der Waals surface area contributed by atoms with Gasteiger partial charge in [-0.05, 0) is 30.3 Å². The first kappa shape index (κ1) is 10.3. The highest BCUT2D eigenvalue weighted by molar-refractivity contribution is 6.33. The average Bonchev–Trinajstić information content (AvgIpc) is 2.25. The fourth-order valence-electron chi connectivity index (χ4n) is 1.09. The lowest BCUT2D eigenvalue weighted by molar-refractivity contribution is 1.31. The Kier molecular flexibility index (Phi) is 3.09. The number of hydrogen-bond donors (Lipinski definition) is 1. The maximum Gasteiger partial charge on any atom is 0.149 e. The molecule has 4 heteroatoms. The van der Waals surface area contributed by atoms with Crippen LogP contribution in [-0.2, 0) is 0 Å². The molecule has 0 aliphatic heterocycles. The molecule has 0 saturated heterocycles. The molecule has 0 aliphatic carbocycles. The van der Waals surface area contributed by atoms with Crippen LogP contribution >= 0.6 is 23.2 Å². The third-order valence-electron chi connectivity index (χ3n) is 1.79. The number of hydrogen-bond acceptors (Lipinski definition) is 2. The standard InChI is InChI=1S/C11H7Cl2N2/c12-8-3-5-9(6-4-8)15-11-10(13)2-1-7-14-11/h1-5,7H,(H,14,15). The second-order valence-corrected chi connectivity index (χ2v) is 3.72. The van der Waals surface area contributed by atoms with Crippen molar-refractivity contribution in [2.24, 2.45) is 0 Å². The van der Waals surface area contributed by atoms with Crippen molar-refractivity contribution < 1.29 is 0 Å². The summed E-state index contributed by atoms with van der Waals surface area (Å²) in [6.07, 6.45) is 1.67. The molecule has 1 aromatic carbocycles. The van der Waals surface area contributed by atoms with E-state index in [1.165, 1.54) is 0 Å². The predicted octanol–water partition coefficient (Wildman–Crippen LogP) is 3.93. The van der Waals surface area contributed by atoms with Crippen molar-refractivity contribution in [3.05, 3.63) is 52.6 Å². The first-order valence-corrected chi connectivity index (χ1v) is 5.06. The van der Waals surface area contributed by atoms with Gasteiger partial charge in [0.25, 0.3) is 0 Å². The number of halogens is 2. The van der Waals surface area contributed by atoms with E-state index in [-0.39, 0.29) is 0 Å². The molecule has 0 spiro atoms. The fraction of sp³-hybridized carbons (Fsp3) is 0. The second-order valence-electron chi connectivity index (χ2n) is 2.88. The number of aromatic nitrogens is 1. The maximum absolute atomic E-state index is 5.94. The second kappa shape index (κ2) is 4.51. The van der Waals surface area contributed by atoms with E-state index < -0.39 is 0 Å². The van der Waals surface area contributed by atoms with E-state index in [1.807, 2.05) is 6.07 Å². The number of benzene rings is 1. The molecule has 0 bridgehead atoms. The molecular weight excluding hydrogens is 231 g/mol. The van der Waals surface area contributed by atoms with Gasteiger partial charge < -0.3 is 5.32 Å². The van der Waals surface area contributed by atoms with Gasteiger partial charge in [0, 0.05) is 23.0 Å². The van der Waals surface area contributed by atoms with Gasteiger partial charge in [-0.2, -0.15) is 0 Å². The molecule has 0 atom stereocenters. The first-order chi connectivity index (χ1) is 7.25. The van der Waals surface area contributed by atoms with Crippen LogP contribution in [-0.4, -0.2) is 4.98 Å². The van der Waals surface area contributed by atoms with E-state index in [4.69, 9.17) is 23.2 Å². The molecule has 1 N–H and O–H groups in total. The minimum Gasteiger partial charge on any atom is -0.338 e. The summed E-state index contributed by atoms with van der Waals surface area (Å²) in [5, 5.41) is 4.26. The Bertz CT molecular complexity index is 454. The van der Waals surface area contributed by atoms with Gasteiger partial charge in [-0.1, -0.05) is 23.2 Å². The van der Waals surface area contributed by atoms with Crippen molar-refractivity contribution in [3.63, 3.8) is 0 Å². The summed E-state index contributed by atoms with van der Waals surface area (Å²) in [6.45, 7) is 0. The Hall–Kier alpha value is -1.25. The molecule has 2 aromatic rings. The highest BCUT2D eigenvalue weighted by atomic mass is 35.5. The zero-order valence-corrected chi connectivity index (χ0v) is 9.18. The summed E-state index contributed by atoms with van der Waals surface area (Å²) in [5.74, 6) is 0.609. The number of anilines is 2. The topological polar surface area (TPSA) is 24.9 Å². The molecule has 75 valence electrons. The van der Waals surface area contributed by atoms with E-state index in [2.05, 4.69) is 16.4 Å². The molecule has 15 heavy (non-hydrogen) atoms. The van der Waals surface area contributed by atoms with Crippen molar-refractivity contribution in [1.82, 2.24) is 4.98 Å². The summed E-state index contributed by atoms with van der Waals surface area (Å²) in [4.78, 5) is 4.10. The zero-order valence-electron chi connectivity index (χ0n) is 7.67. The van der Waals surface area contributed by atoms with Crippen LogP contribution in [0.5, 0.6) is 0 Å². The Morgan fingerprint density at radius 1 is 1.20 bits per heavy atom. The third-order valence-corrected chi connectivity index (χ3v) is 2.33. The van der Waals surface area contributed by atoms with E-state index in [0.29, 0.717) is 15.9 Å². The molecule has 0 fully saturated rings. The molecule has 0 amide bonds. The van der Waals surface area contributed by atoms with Crippen molar-refractivity contribution in [2.75, 3.05) is 5.32 Å². The van der Waals surface area contributed by atoms with Crippen LogP contribution in [0.15, 0.2) is 36.5 Å². The Morgan fingerprint density at radius 3 is 2.73 bits per heavy atom. The normalized spacial score (nSPS) is 10.0. The highest BCUT2D eigenvalue weighted by Crippen LogP contribution is 2.22. The summed E-state index contributed by atoms with van der Waals surface area (Å²) in [6, 6.07) is 11.8. The van der Waals surface area contributed by atoms with Gasteiger partial charge in [0.2, 0.25) is 0 Å². The van der Waals surface area contributed by atoms with Crippen molar-refractivity contribution >= 4 is 34.7 Å². The molecule has 2 rings (SSSR count). The van der Waals surface area contributed by atoms with Gasteiger partial charge in [0.1, 0.15) is 5.82 Å². The van der Waals surface area contributed by atoms with Gasteiger partial charge in [-0.25, -0.2) is 4.98 Å². The van der Waals surface area contributed by atoms with E-state index in [1.54, 1.807) is 30.5 Å². The van der Waals surface area contributed by atoms with Crippen LogP contribution < -0.4 is 5.32 Å². The minimum atomic E-state index is 0.570. The predicted molar refractivity (Wildman–Crippen MR) is 62.8 cm³/mol. The minimum absolute atomic E-state index is 0.570. The highest BCUT2D eigenvalue weighted by Gasteiger charge is 2.00. The van der Waals surface area contributed by atoms with E-state index >= 15 is 0 Å². The number of pyridine rings is 1. The Morgan fingerprint density at radius 2 is 2.07 bits per heavy atom. The van der Waals surface area contributed by atoms with E-state index in [0.717, 1.165) is 5.69 Å². The lowest BCUT2D eigenvalue weighted by atomic mass is 10.3. The SMILES string of the molecule is Clc1c[c]c(Nc2ncccc2Cl)cc1. The Balaban J connectivity index is 2.22. The molecule has 1 radical (unpaired) electrons. The maximum atomic E-state index is 5.94. The van der Waals surface area contributed by atoms with Crippen LogP contribution in [0.1, 0.15) is 0 Å². The van der Waals surface area contributed by atoms with Crippen LogP contribution in [0.4, 0.5) is 11.5 Å². The van der Waals surface area contributed by atoms with Gasteiger partial charge in [0.05, 0.1) is 5.02 Å². The van der Waals surface area contributed by atoms with Gasteiger partial charge >= 0.3 is 0 Å². The largest absolute Gasteiger partial charge is 0.338 e. The first-order valence-electron chi connectivity index (χ1n) is 4.30.